The van der Waals surface area contributed by atoms with Crippen molar-refractivity contribution in [3.63, 3.8) is 0 Å². The minimum Gasteiger partial charge on any atom is -0.478 e. The molecule has 1 aliphatic rings. The number of sulfone groups is 1. The van der Waals surface area contributed by atoms with Crippen molar-refractivity contribution in [2.24, 2.45) is 0 Å². The summed E-state index contributed by atoms with van der Waals surface area (Å²) < 4.78 is 75.6. The second-order valence-corrected chi connectivity index (χ2v) is 10.9. The number of ether oxygens (including phenoxy) is 2. The quantitative estimate of drug-likeness (QED) is 0.446. The van der Waals surface area contributed by atoms with Crippen LogP contribution in [0.1, 0.15) is 45.7 Å². The molecule has 1 aliphatic carbocycles. The second kappa shape index (κ2) is 9.51. The van der Waals surface area contributed by atoms with Gasteiger partial charge in [-0.25, -0.2) is 13.4 Å². The van der Waals surface area contributed by atoms with E-state index in [4.69, 9.17) is 9.47 Å². The molecule has 0 saturated heterocycles. The first-order valence-electron chi connectivity index (χ1n) is 11.2. The zero-order valence-corrected chi connectivity index (χ0v) is 21.5. The number of nitrogens with zero attached hydrogens (tertiary/aromatic N) is 3. The average Bonchev–Trinajstić information content (AvgIpc) is 3.57. The highest BCUT2D eigenvalue weighted by molar-refractivity contribution is 7.90. The van der Waals surface area contributed by atoms with Crippen LogP contribution in [-0.4, -0.2) is 48.0 Å². The standard InChI is InChI=1S/C24H23F3N4O6S/c1-12-10-16(23(33)8-9-23)29-22(36-3)18(12)37-21-17(13(2)19(30-31-21)24(25,26)27)20(32)28-14-6-5-7-15(11-14)38(4,34)35/h5-7,10-11,33H,8-9H2,1-4H3,(H,28,32). The zero-order chi connectivity index (χ0) is 28.0. The van der Waals surface area contributed by atoms with Crippen LogP contribution in [0.15, 0.2) is 35.2 Å². The lowest BCUT2D eigenvalue weighted by Crippen LogP contribution is -2.21. The first kappa shape index (κ1) is 27.3. The van der Waals surface area contributed by atoms with Gasteiger partial charge in [-0.1, -0.05) is 6.07 Å². The Morgan fingerprint density at radius 2 is 1.82 bits per heavy atom. The van der Waals surface area contributed by atoms with Crippen LogP contribution in [0.4, 0.5) is 18.9 Å². The van der Waals surface area contributed by atoms with Gasteiger partial charge in [-0.15, -0.1) is 10.2 Å². The maximum Gasteiger partial charge on any atom is 0.435 e. The Hall–Kier alpha value is -3.78. The van der Waals surface area contributed by atoms with Gasteiger partial charge in [0.25, 0.3) is 17.7 Å². The van der Waals surface area contributed by atoms with Crippen molar-refractivity contribution in [3.8, 4) is 17.5 Å². The van der Waals surface area contributed by atoms with Crippen LogP contribution >= 0.6 is 0 Å². The number of carbonyl (C=O) groups excluding carboxylic acids is 1. The number of benzene rings is 1. The third-order valence-corrected chi connectivity index (χ3v) is 7.03. The molecule has 2 aromatic heterocycles. The van der Waals surface area contributed by atoms with Crippen LogP contribution in [0.25, 0.3) is 0 Å². The fourth-order valence-corrected chi connectivity index (χ4v) is 4.38. The van der Waals surface area contributed by atoms with Gasteiger partial charge in [0.2, 0.25) is 0 Å². The van der Waals surface area contributed by atoms with Crippen LogP contribution < -0.4 is 14.8 Å². The van der Waals surface area contributed by atoms with Gasteiger partial charge in [-0.3, -0.25) is 4.79 Å². The van der Waals surface area contributed by atoms with Gasteiger partial charge in [-0.05, 0) is 62.1 Å². The number of aliphatic hydroxyl groups is 1. The molecular formula is C24H23F3N4O6S. The van der Waals surface area contributed by atoms with Crippen molar-refractivity contribution in [2.45, 2.75) is 43.4 Å². The third kappa shape index (κ3) is 5.41. The van der Waals surface area contributed by atoms with Gasteiger partial charge >= 0.3 is 6.18 Å². The topological polar surface area (TPSA) is 141 Å². The lowest BCUT2D eigenvalue weighted by molar-refractivity contribution is -0.142. The molecule has 2 N–H and O–H groups in total. The number of hydrogen-bond acceptors (Lipinski definition) is 9. The molecule has 10 nitrogen and oxygen atoms in total. The Morgan fingerprint density at radius 3 is 2.39 bits per heavy atom. The minimum absolute atomic E-state index is 0.0195. The van der Waals surface area contributed by atoms with E-state index in [0.29, 0.717) is 24.1 Å². The summed E-state index contributed by atoms with van der Waals surface area (Å²) in [6, 6.07) is 6.77. The van der Waals surface area contributed by atoms with Gasteiger partial charge in [0.1, 0.15) is 11.2 Å². The number of anilines is 1. The van der Waals surface area contributed by atoms with Gasteiger partial charge in [-0.2, -0.15) is 13.2 Å². The highest BCUT2D eigenvalue weighted by Crippen LogP contribution is 2.47. The molecule has 1 fully saturated rings. The summed E-state index contributed by atoms with van der Waals surface area (Å²) >= 11 is 0. The lowest BCUT2D eigenvalue weighted by Gasteiger charge is -2.18. The summed E-state index contributed by atoms with van der Waals surface area (Å²) in [7, 11) is -2.32. The Bertz CT molecular complexity index is 1540. The molecule has 0 radical (unpaired) electrons. The van der Waals surface area contributed by atoms with Gasteiger partial charge in [0.05, 0.1) is 17.7 Å². The van der Waals surface area contributed by atoms with Crippen LogP contribution in [-0.2, 0) is 21.6 Å². The predicted octanol–water partition coefficient (Wildman–Crippen LogP) is 3.95. The highest BCUT2D eigenvalue weighted by atomic mass is 32.2. The van der Waals surface area contributed by atoms with E-state index in [1.807, 2.05) is 0 Å². The van der Waals surface area contributed by atoms with Crippen LogP contribution in [0.2, 0.25) is 0 Å². The summed E-state index contributed by atoms with van der Waals surface area (Å²) in [4.78, 5) is 17.4. The zero-order valence-electron chi connectivity index (χ0n) is 20.7. The van der Waals surface area contributed by atoms with Crippen molar-refractivity contribution in [2.75, 3.05) is 18.7 Å². The molecular weight excluding hydrogens is 529 g/mol. The predicted molar refractivity (Wildman–Crippen MR) is 128 cm³/mol. The maximum atomic E-state index is 13.6. The van der Waals surface area contributed by atoms with Gasteiger partial charge < -0.3 is 19.9 Å². The van der Waals surface area contributed by atoms with Crippen LogP contribution in [0.3, 0.4) is 0 Å². The number of carbonyl (C=O) groups is 1. The minimum atomic E-state index is -4.92. The molecule has 38 heavy (non-hydrogen) atoms. The molecule has 0 unspecified atom stereocenters. The molecule has 0 bridgehead atoms. The number of pyridine rings is 1. The molecule has 202 valence electrons. The van der Waals surface area contributed by atoms with Crippen LogP contribution in [0, 0.1) is 13.8 Å². The van der Waals surface area contributed by atoms with E-state index in [0.717, 1.165) is 13.2 Å². The van der Waals surface area contributed by atoms with E-state index in [9.17, 15) is 31.5 Å². The van der Waals surface area contributed by atoms with Crippen molar-refractivity contribution in [3.05, 3.63) is 58.4 Å². The first-order valence-corrected chi connectivity index (χ1v) is 13.1. The van der Waals surface area contributed by atoms with Crippen molar-refractivity contribution in [1.82, 2.24) is 15.2 Å². The molecule has 14 heteroatoms. The Balaban J connectivity index is 1.79. The average molecular weight is 553 g/mol. The summed E-state index contributed by atoms with van der Waals surface area (Å²) in [6.07, 6.45) is -2.92. The van der Waals surface area contributed by atoms with Crippen molar-refractivity contribution >= 4 is 21.4 Å². The normalized spacial score (nSPS) is 14.6. The lowest BCUT2D eigenvalue weighted by atomic mass is 10.1. The Kier molecular flexibility index (Phi) is 6.82. The molecule has 3 aromatic rings. The van der Waals surface area contributed by atoms with E-state index < -0.39 is 50.2 Å². The van der Waals surface area contributed by atoms with Gasteiger partial charge in [0.15, 0.2) is 21.3 Å². The maximum absolute atomic E-state index is 13.6. The first-order chi connectivity index (χ1) is 17.6. The number of methoxy groups -OCH3 is 1. The smallest absolute Gasteiger partial charge is 0.435 e. The number of nitrogens with one attached hydrogen (secondary N) is 1. The summed E-state index contributed by atoms with van der Waals surface area (Å²) in [5, 5.41) is 19.6. The number of aromatic nitrogens is 3. The molecule has 1 saturated carbocycles. The number of halogens is 3. The second-order valence-electron chi connectivity index (χ2n) is 8.90. The number of aryl methyl sites for hydroxylation is 1. The largest absolute Gasteiger partial charge is 0.478 e. The summed E-state index contributed by atoms with van der Waals surface area (Å²) in [6.45, 7) is 2.65. The molecule has 0 atom stereocenters. The number of alkyl halides is 3. The van der Waals surface area contributed by atoms with E-state index in [2.05, 4.69) is 20.5 Å². The molecule has 1 aromatic carbocycles. The SMILES string of the molecule is COc1nc(C2(O)CC2)cc(C)c1Oc1nnc(C(F)(F)F)c(C)c1C(=O)Nc1cccc(S(C)(=O)=O)c1. The molecule has 1 amide bonds. The van der Waals surface area contributed by atoms with E-state index in [1.165, 1.54) is 31.4 Å². The Labute approximate surface area is 215 Å². The third-order valence-electron chi connectivity index (χ3n) is 5.92. The number of hydrogen-bond donors (Lipinski definition) is 2. The molecule has 4 rings (SSSR count). The van der Waals surface area contributed by atoms with E-state index in [1.54, 1.807) is 13.0 Å². The Morgan fingerprint density at radius 1 is 1.13 bits per heavy atom. The van der Waals surface area contributed by atoms with Crippen molar-refractivity contribution < 1.29 is 41.0 Å². The molecule has 2 heterocycles. The summed E-state index contributed by atoms with van der Waals surface area (Å²) in [5.74, 6) is -1.72. The molecule has 0 spiro atoms. The van der Waals surface area contributed by atoms with E-state index >= 15 is 0 Å². The van der Waals surface area contributed by atoms with E-state index in [-0.39, 0.29) is 22.2 Å². The van der Waals surface area contributed by atoms with Gasteiger partial charge in [0, 0.05) is 11.9 Å². The fraction of sp³-hybridized carbons (Fsp3) is 0.333. The highest BCUT2D eigenvalue weighted by Gasteiger charge is 2.44. The van der Waals surface area contributed by atoms with Crippen LogP contribution in [0.5, 0.6) is 17.5 Å². The fourth-order valence-electron chi connectivity index (χ4n) is 3.71. The molecule has 0 aliphatic heterocycles. The monoisotopic (exact) mass is 552 g/mol. The number of rotatable bonds is 7. The van der Waals surface area contributed by atoms with Crippen molar-refractivity contribution in [1.29, 1.82) is 0 Å². The number of amides is 1. The summed E-state index contributed by atoms with van der Waals surface area (Å²) in [5.41, 5.74) is -2.85.